The summed E-state index contributed by atoms with van der Waals surface area (Å²) in [5.74, 6) is -0.406. The van der Waals surface area contributed by atoms with E-state index in [1.165, 1.54) is 17.0 Å². The van der Waals surface area contributed by atoms with Crippen molar-refractivity contribution in [1.82, 2.24) is 14.9 Å². The second-order valence-electron chi connectivity index (χ2n) is 9.21. The first-order valence-electron chi connectivity index (χ1n) is 12.3. The monoisotopic (exact) mass is 587 g/mol. The number of pyridine rings is 1. The Balaban J connectivity index is 1.42. The van der Waals surface area contributed by atoms with Gasteiger partial charge in [0.2, 0.25) is 5.88 Å². The summed E-state index contributed by atoms with van der Waals surface area (Å²) in [6, 6.07) is 17.0. The summed E-state index contributed by atoms with van der Waals surface area (Å²) < 4.78 is 7.69. The number of hydrogen-bond donors (Lipinski definition) is 1. The van der Waals surface area contributed by atoms with Crippen LogP contribution >= 0.6 is 23.8 Å². The van der Waals surface area contributed by atoms with E-state index in [2.05, 4.69) is 10.3 Å². The highest BCUT2D eigenvalue weighted by Crippen LogP contribution is 2.31. The van der Waals surface area contributed by atoms with E-state index < -0.39 is 16.7 Å². The van der Waals surface area contributed by atoms with Crippen LogP contribution < -0.4 is 15.0 Å². The number of nitrogens with zero attached hydrogens (tertiary/aromatic N) is 4. The second-order valence-corrected chi connectivity index (χ2v) is 10.0. The van der Waals surface area contributed by atoms with Crippen molar-refractivity contribution < 1.29 is 19.2 Å². The van der Waals surface area contributed by atoms with Crippen molar-refractivity contribution in [2.45, 2.75) is 20.8 Å². The lowest BCUT2D eigenvalue weighted by atomic mass is 10.1. The Labute approximate surface area is 245 Å². The third-order valence-corrected chi connectivity index (χ3v) is 7.29. The van der Waals surface area contributed by atoms with E-state index in [4.69, 9.17) is 28.6 Å². The molecule has 2 aromatic heterocycles. The number of carbonyl (C=O) groups excluding carboxylic acids is 2. The summed E-state index contributed by atoms with van der Waals surface area (Å²) in [7, 11) is 0. The molecule has 1 saturated heterocycles. The predicted molar refractivity (Wildman–Crippen MR) is 159 cm³/mol. The molecule has 1 aliphatic rings. The Morgan fingerprint density at radius 3 is 2.46 bits per heavy atom. The summed E-state index contributed by atoms with van der Waals surface area (Å²) in [5.41, 5.74) is 4.17. The average molecular weight is 588 g/mol. The molecule has 206 valence electrons. The molecule has 12 heteroatoms. The minimum absolute atomic E-state index is 0.0146. The molecule has 0 atom stereocenters. The van der Waals surface area contributed by atoms with Crippen LogP contribution in [0.2, 0.25) is 5.02 Å². The summed E-state index contributed by atoms with van der Waals surface area (Å²) >= 11 is 11.6. The molecular weight excluding hydrogens is 566 g/mol. The van der Waals surface area contributed by atoms with Crippen LogP contribution in [0.1, 0.15) is 22.5 Å². The number of carbonyl (C=O) groups is 2. The van der Waals surface area contributed by atoms with Crippen molar-refractivity contribution >= 4 is 58.2 Å². The van der Waals surface area contributed by atoms with Gasteiger partial charge in [0.15, 0.2) is 5.11 Å². The number of thiocarbonyl (C=S) groups is 1. The van der Waals surface area contributed by atoms with E-state index in [1.54, 1.807) is 43.3 Å². The highest BCUT2D eigenvalue weighted by molar-refractivity contribution is 7.80. The number of anilines is 1. The smallest absolute Gasteiger partial charge is 0.287 e. The van der Waals surface area contributed by atoms with Gasteiger partial charge in [0.05, 0.1) is 10.6 Å². The Kier molecular flexibility index (Phi) is 7.40. The zero-order valence-electron chi connectivity index (χ0n) is 22.0. The summed E-state index contributed by atoms with van der Waals surface area (Å²) in [6.07, 6.45) is 2.69. The average Bonchev–Trinajstić information content (AvgIpc) is 3.22. The van der Waals surface area contributed by atoms with Gasteiger partial charge >= 0.3 is 0 Å². The zero-order chi connectivity index (χ0) is 29.4. The van der Waals surface area contributed by atoms with Gasteiger partial charge in [-0.3, -0.25) is 29.9 Å². The van der Waals surface area contributed by atoms with Gasteiger partial charge in [-0.2, -0.15) is 0 Å². The zero-order valence-corrected chi connectivity index (χ0v) is 23.6. The van der Waals surface area contributed by atoms with Gasteiger partial charge in [0.25, 0.3) is 17.5 Å². The molecule has 3 heterocycles. The second kappa shape index (κ2) is 11.0. The van der Waals surface area contributed by atoms with Crippen LogP contribution in [0.3, 0.4) is 0 Å². The number of halogens is 1. The van der Waals surface area contributed by atoms with Crippen LogP contribution in [-0.4, -0.2) is 31.4 Å². The van der Waals surface area contributed by atoms with E-state index in [0.717, 1.165) is 23.3 Å². The van der Waals surface area contributed by atoms with Gasteiger partial charge in [0, 0.05) is 34.2 Å². The Morgan fingerprint density at radius 2 is 1.80 bits per heavy atom. The first-order chi connectivity index (χ1) is 19.5. The molecule has 0 saturated carbocycles. The largest absolute Gasteiger partial charge is 0.439 e. The predicted octanol–water partition coefficient (Wildman–Crippen LogP) is 5.98. The van der Waals surface area contributed by atoms with Crippen molar-refractivity contribution in [2.75, 3.05) is 4.90 Å². The van der Waals surface area contributed by atoms with Gasteiger partial charge in [-0.1, -0.05) is 17.7 Å². The number of ether oxygens (including phenoxy) is 1. The number of nitrogens with one attached hydrogen (secondary N) is 1. The maximum Gasteiger partial charge on any atom is 0.287 e. The molecule has 1 N–H and O–H groups in total. The van der Waals surface area contributed by atoms with E-state index >= 15 is 0 Å². The van der Waals surface area contributed by atoms with Crippen molar-refractivity contribution in [2.24, 2.45) is 0 Å². The maximum absolute atomic E-state index is 13.5. The van der Waals surface area contributed by atoms with Gasteiger partial charge in [0.1, 0.15) is 17.5 Å². The van der Waals surface area contributed by atoms with Crippen LogP contribution in [0.5, 0.6) is 11.6 Å². The third-order valence-electron chi connectivity index (χ3n) is 6.60. The lowest BCUT2D eigenvalue weighted by molar-refractivity contribution is -0.385. The number of rotatable bonds is 6. The Morgan fingerprint density at radius 1 is 1.07 bits per heavy atom. The highest BCUT2D eigenvalue weighted by Gasteiger charge is 2.35. The summed E-state index contributed by atoms with van der Waals surface area (Å²) in [5, 5.41) is 13.9. The molecule has 0 aliphatic carbocycles. The van der Waals surface area contributed by atoms with Crippen LogP contribution in [0.15, 0.2) is 72.4 Å². The minimum atomic E-state index is -0.581. The van der Waals surface area contributed by atoms with Crippen molar-refractivity contribution in [3.8, 4) is 17.3 Å². The number of amides is 2. The molecule has 10 nitrogen and oxygen atoms in total. The first kappa shape index (κ1) is 27.7. The van der Waals surface area contributed by atoms with Crippen molar-refractivity contribution in [1.29, 1.82) is 0 Å². The van der Waals surface area contributed by atoms with E-state index in [1.807, 2.05) is 36.6 Å². The van der Waals surface area contributed by atoms with Crippen LogP contribution in [0, 0.1) is 30.9 Å². The van der Waals surface area contributed by atoms with Gasteiger partial charge in [-0.05, 0) is 92.7 Å². The minimum Gasteiger partial charge on any atom is -0.439 e. The SMILES string of the molecule is Cc1c(Cl)cccc1N1C(=O)/C(=C/c2cc(C)n(-c3ccc(Oc4ccc([N+](=O)[O-])cn4)cc3)c2C)C(=O)NC1=S. The Bertz CT molecular complexity index is 1760. The third kappa shape index (κ3) is 5.32. The van der Waals surface area contributed by atoms with E-state index in [9.17, 15) is 19.7 Å². The molecule has 2 amide bonds. The first-order valence-corrected chi connectivity index (χ1v) is 13.1. The number of aryl methyl sites for hydroxylation is 1. The van der Waals surface area contributed by atoms with Crippen LogP contribution in [0.25, 0.3) is 11.8 Å². The molecule has 0 bridgehead atoms. The molecule has 2 aromatic carbocycles. The number of aromatic nitrogens is 2. The fourth-order valence-electron chi connectivity index (χ4n) is 4.53. The number of nitro groups is 1. The van der Waals surface area contributed by atoms with Crippen molar-refractivity contribution in [3.63, 3.8) is 0 Å². The molecule has 0 unspecified atom stereocenters. The normalized spacial score (nSPS) is 14.4. The van der Waals surface area contributed by atoms with Crippen LogP contribution in [0.4, 0.5) is 11.4 Å². The standard InChI is InChI=1S/C29H22ClN5O5S/c1-16-13-19(14-23-27(36)32-29(41)34(28(23)37)25-6-4-5-24(30)17(25)2)18(3)33(16)20-7-10-22(11-8-20)40-26-12-9-21(15-31-26)35(38)39/h4-15H,1-3H3,(H,32,36,41)/b23-14+. The van der Waals surface area contributed by atoms with E-state index in [0.29, 0.717) is 27.6 Å². The van der Waals surface area contributed by atoms with Gasteiger partial charge in [-0.25, -0.2) is 4.98 Å². The maximum atomic E-state index is 13.5. The quantitative estimate of drug-likeness (QED) is 0.0968. The topological polar surface area (TPSA) is 120 Å². The Hall–Kier alpha value is -4.87. The molecule has 1 fully saturated rings. The summed E-state index contributed by atoms with van der Waals surface area (Å²) in [6.45, 7) is 5.58. The van der Waals surface area contributed by atoms with Crippen LogP contribution in [-0.2, 0) is 9.59 Å². The molecule has 0 radical (unpaired) electrons. The lowest BCUT2D eigenvalue weighted by Crippen LogP contribution is -2.54. The fourth-order valence-corrected chi connectivity index (χ4v) is 4.97. The molecule has 0 spiro atoms. The number of benzene rings is 2. The van der Waals surface area contributed by atoms with Crippen molar-refractivity contribution in [3.05, 3.63) is 110 Å². The van der Waals surface area contributed by atoms with E-state index in [-0.39, 0.29) is 22.3 Å². The molecule has 41 heavy (non-hydrogen) atoms. The fraction of sp³-hybridized carbons (Fsp3) is 0.103. The summed E-state index contributed by atoms with van der Waals surface area (Å²) in [4.78, 5) is 41.9. The van der Waals surface area contributed by atoms with Gasteiger partial charge < -0.3 is 9.30 Å². The molecule has 1 aliphatic heterocycles. The molecular formula is C29H22ClN5O5S. The lowest BCUT2D eigenvalue weighted by Gasteiger charge is -2.30. The van der Waals surface area contributed by atoms with Gasteiger partial charge in [-0.15, -0.1) is 0 Å². The highest BCUT2D eigenvalue weighted by atomic mass is 35.5. The molecule has 4 aromatic rings. The molecule has 5 rings (SSSR count). The number of hydrogen-bond acceptors (Lipinski definition) is 7.